The van der Waals surface area contributed by atoms with Gasteiger partial charge in [0.15, 0.2) is 0 Å². The largest absolute Gasteiger partial charge is 0.375 e. The number of hydrogen-bond donors (Lipinski definition) is 1. The Hall–Kier alpha value is -1.54. The molecule has 0 unspecified atom stereocenters. The number of rotatable bonds is 3. The summed E-state index contributed by atoms with van der Waals surface area (Å²) in [5, 5.41) is 1.28. The SMILES string of the molecule is COC(C)(C)C=Cc1[nH]c2ccccc2c1C. The standard InChI is InChI=1S/C15H19NO/c1-11-12-7-5-6-8-14(12)16-13(11)9-10-15(2,3)17-4/h5-10,16H,1-4H3. The lowest BCUT2D eigenvalue weighted by Crippen LogP contribution is -2.18. The molecule has 0 radical (unpaired) electrons. The van der Waals surface area contributed by atoms with E-state index < -0.39 is 0 Å². The summed E-state index contributed by atoms with van der Waals surface area (Å²) in [6, 6.07) is 8.35. The fourth-order valence-electron chi connectivity index (χ4n) is 1.82. The number of para-hydroxylation sites is 1. The summed E-state index contributed by atoms with van der Waals surface area (Å²) in [4.78, 5) is 3.42. The summed E-state index contributed by atoms with van der Waals surface area (Å²) < 4.78 is 5.37. The van der Waals surface area contributed by atoms with Gasteiger partial charge in [0, 0.05) is 23.7 Å². The van der Waals surface area contributed by atoms with Crippen molar-refractivity contribution in [2.45, 2.75) is 26.4 Å². The molecule has 0 aliphatic heterocycles. The van der Waals surface area contributed by atoms with E-state index >= 15 is 0 Å². The molecule has 2 heteroatoms. The number of aromatic nitrogens is 1. The molecule has 2 nitrogen and oxygen atoms in total. The lowest BCUT2D eigenvalue weighted by atomic mass is 10.1. The number of benzene rings is 1. The van der Waals surface area contributed by atoms with Crippen molar-refractivity contribution < 1.29 is 4.74 Å². The van der Waals surface area contributed by atoms with Crippen LogP contribution in [0.15, 0.2) is 30.3 Å². The molecule has 0 saturated carbocycles. The molecule has 1 N–H and O–H groups in total. The highest BCUT2D eigenvalue weighted by Gasteiger charge is 2.11. The number of aryl methyl sites for hydroxylation is 1. The number of fused-ring (bicyclic) bond motifs is 1. The van der Waals surface area contributed by atoms with Crippen LogP contribution in [0.2, 0.25) is 0 Å². The molecule has 0 bridgehead atoms. The van der Waals surface area contributed by atoms with Crippen molar-refractivity contribution in [1.29, 1.82) is 0 Å². The molecule has 1 heterocycles. The van der Waals surface area contributed by atoms with Crippen molar-refractivity contribution in [3.63, 3.8) is 0 Å². The molecular weight excluding hydrogens is 210 g/mol. The minimum atomic E-state index is -0.232. The first-order valence-corrected chi connectivity index (χ1v) is 5.85. The number of nitrogens with one attached hydrogen (secondary N) is 1. The normalized spacial score (nSPS) is 12.7. The van der Waals surface area contributed by atoms with Crippen LogP contribution < -0.4 is 0 Å². The smallest absolute Gasteiger partial charge is 0.0806 e. The minimum absolute atomic E-state index is 0.232. The van der Waals surface area contributed by atoms with E-state index in [9.17, 15) is 0 Å². The Morgan fingerprint density at radius 1 is 1.24 bits per heavy atom. The van der Waals surface area contributed by atoms with Gasteiger partial charge >= 0.3 is 0 Å². The fourth-order valence-corrected chi connectivity index (χ4v) is 1.82. The van der Waals surface area contributed by atoms with Gasteiger partial charge in [-0.2, -0.15) is 0 Å². The van der Waals surface area contributed by atoms with E-state index in [1.807, 2.05) is 19.9 Å². The topological polar surface area (TPSA) is 25.0 Å². The van der Waals surface area contributed by atoms with Gasteiger partial charge in [0.1, 0.15) is 0 Å². The highest BCUT2D eigenvalue weighted by Crippen LogP contribution is 2.23. The molecule has 0 aliphatic carbocycles. The Morgan fingerprint density at radius 2 is 1.94 bits per heavy atom. The van der Waals surface area contributed by atoms with Gasteiger partial charge in [-0.3, -0.25) is 0 Å². The van der Waals surface area contributed by atoms with E-state index in [4.69, 9.17) is 4.74 Å². The Morgan fingerprint density at radius 3 is 2.59 bits per heavy atom. The van der Waals surface area contributed by atoms with Crippen LogP contribution >= 0.6 is 0 Å². The van der Waals surface area contributed by atoms with Gasteiger partial charge in [-0.05, 0) is 38.5 Å². The van der Waals surface area contributed by atoms with Crippen LogP contribution in [0.25, 0.3) is 17.0 Å². The van der Waals surface area contributed by atoms with Gasteiger partial charge < -0.3 is 9.72 Å². The highest BCUT2D eigenvalue weighted by molar-refractivity contribution is 5.86. The fraction of sp³-hybridized carbons (Fsp3) is 0.333. The second kappa shape index (κ2) is 4.38. The molecule has 0 fully saturated rings. The van der Waals surface area contributed by atoms with Crippen LogP contribution in [-0.2, 0) is 4.74 Å². The highest BCUT2D eigenvalue weighted by atomic mass is 16.5. The van der Waals surface area contributed by atoms with Gasteiger partial charge in [-0.1, -0.05) is 24.3 Å². The van der Waals surface area contributed by atoms with Gasteiger partial charge in [0.25, 0.3) is 0 Å². The molecule has 1 aromatic carbocycles. The minimum Gasteiger partial charge on any atom is -0.375 e. The lowest BCUT2D eigenvalue weighted by Gasteiger charge is -2.17. The lowest BCUT2D eigenvalue weighted by molar-refractivity contribution is 0.0663. The average Bonchev–Trinajstić information content (AvgIpc) is 2.65. The third-order valence-corrected chi connectivity index (χ3v) is 3.18. The third-order valence-electron chi connectivity index (χ3n) is 3.18. The second-order valence-electron chi connectivity index (χ2n) is 4.85. The quantitative estimate of drug-likeness (QED) is 0.848. The Labute approximate surface area is 102 Å². The maximum absolute atomic E-state index is 5.37. The molecule has 0 amide bonds. The van der Waals surface area contributed by atoms with E-state index in [-0.39, 0.29) is 5.60 Å². The van der Waals surface area contributed by atoms with E-state index in [2.05, 4.69) is 42.3 Å². The Bertz CT molecular complexity index is 549. The van der Waals surface area contributed by atoms with E-state index in [1.54, 1.807) is 7.11 Å². The summed E-state index contributed by atoms with van der Waals surface area (Å²) in [5.41, 5.74) is 3.38. The number of methoxy groups -OCH3 is 1. The number of hydrogen-bond acceptors (Lipinski definition) is 1. The van der Waals surface area contributed by atoms with Crippen molar-refractivity contribution in [2.24, 2.45) is 0 Å². The molecule has 2 rings (SSSR count). The second-order valence-corrected chi connectivity index (χ2v) is 4.85. The summed E-state index contributed by atoms with van der Waals surface area (Å²) in [6.07, 6.45) is 4.17. The Kier molecular flexibility index (Phi) is 3.07. The van der Waals surface area contributed by atoms with Crippen LogP contribution in [0.5, 0.6) is 0 Å². The zero-order chi connectivity index (χ0) is 12.5. The van der Waals surface area contributed by atoms with Crippen LogP contribution in [0, 0.1) is 6.92 Å². The van der Waals surface area contributed by atoms with Crippen LogP contribution in [0.1, 0.15) is 25.1 Å². The maximum Gasteiger partial charge on any atom is 0.0806 e. The monoisotopic (exact) mass is 229 g/mol. The molecular formula is C15H19NO. The average molecular weight is 229 g/mol. The van der Waals surface area contributed by atoms with Crippen molar-refractivity contribution in [1.82, 2.24) is 4.98 Å². The summed E-state index contributed by atoms with van der Waals surface area (Å²) in [7, 11) is 1.72. The predicted molar refractivity (Wildman–Crippen MR) is 73.2 cm³/mol. The number of aromatic amines is 1. The summed E-state index contributed by atoms with van der Waals surface area (Å²) in [5.74, 6) is 0. The van der Waals surface area contributed by atoms with Gasteiger partial charge in [-0.25, -0.2) is 0 Å². The van der Waals surface area contributed by atoms with Crippen molar-refractivity contribution in [3.8, 4) is 0 Å². The summed E-state index contributed by atoms with van der Waals surface area (Å²) in [6.45, 7) is 6.22. The molecule has 0 atom stereocenters. The van der Waals surface area contributed by atoms with Crippen LogP contribution in [0.4, 0.5) is 0 Å². The summed E-state index contributed by atoms with van der Waals surface area (Å²) >= 11 is 0. The maximum atomic E-state index is 5.37. The first kappa shape index (κ1) is 11.9. The molecule has 17 heavy (non-hydrogen) atoms. The third kappa shape index (κ3) is 2.42. The van der Waals surface area contributed by atoms with Gasteiger partial charge in [0.2, 0.25) is 0 Å². The zero-order valence-corrected chi connectivity index (χ0v) is 10.9. The molecule has 0 spiro atoms. The number of H-pyrrole nitrogens is 1. The van der Waals surface area contributed by atoms with Gasteiger partial charge in [0.05, 0.1) is 5.60 Å². The van der Waals surface area contributed by atoms with E-state index in [1.165, 1.54) is 16.5 Å². The molecule has 1 aromatic heterocycles. The first-order valence-electron chi connectivity index (χ1n) is 5.85. The molecule has 0 aliphatic rings. The van der Waals surface area contributed by atoms with Crippen LogP contribution in [0.3, 0.4) is 0 Å². The van der Waals surface area contributed by atoms with Crippen molar-refractivity contribution in [2.75, 3.05) is 7.11 Å². The van der Waals surface area contributed by atoms with Crippen molar-refractivity contribution >= 4 is 17.0 Å². The van der Waals surface area contributed by atoms with E-state index in [0.29, 0.717) is 0 Å². The zero-order valence-electron chi connectivity index (χ0n) is 10.9. The van der Waals surface area contributed by atoms with Crippen LogP contribution in [-0.4, -0.2) is 17.7 Å². The van der Waals surface area contributed by atoms with Crippen molar-refractivity contribution in [3.05, 3.63) is 41.6 Å². The molecule has 0 saturated heterocycles. The molecule has 2 aromatic rings. The molecule has 90 valence electrons. The predicted octanol–water partition coefficient (Wildman–Crippen LogP) is 3.91. The Balaban J connectivity index is 2.40. The van der Waals surface area contributed by atoms with Gasteiger partial charge in [-0.15, -0.1) is 0 Å². The van der Waals surface area contributed by atoms with E-state index in [0.717, 1.165) is 5.69 Å². The number of ether oxygens (including phenoxy) is 1. The first-order chi connectivity index (χ1) is 8.03.